The average Bonchev–Trinajstić information content (AvgIpc) is 3.18. The van der Waals surface area contributed by atoms with Crippen molar-refractivity contribution in [3.63, 3.8) is 0 Å². The maximum atomic E-state index is 14.9. The first-order chi connectivity index (χ1) is 15.2. The molecule has 5 nitrogen and oxygen atoms in total. The normalized spacial score (nSPS) is 15.5. The van der Waals surface area contributed by atoms with Gasteiger partial charge in [0.2, 0.25) is 0 Å². The standard InChI is InChI=1S/C25H22FN3O2/c1-31-17-8-6-7-16(15-17)27-25(30)29-14-13-19-18-9-3-5-12-22(18)28-23(19)24(29)20-10-2-4-11-21(20)26/h2-12,15,24,28H,13-14H2,1H3,(H,27,30)/t24-/m1/s1. The number of fused-ring (bicyclic) bond motifs is 3. The molecule has 6 heteroatoms. The molecule has 2 heterocycles. The van der Waals surface area contributed by atoms with Crippen molar-refractivity contribution < 1.29 is 13.9 Å². The van der Waals surface area contributed by atoms with E-state index in [9.17, 15) is 9.18 Å². The summed E-state index contributed by atoms with van der Waals surface area (Å²) in [5.74, 6) is 0.318. The molecule has 3 aromatic carbocycles. The number of carbonyl (C=O) groups is 1. The Hall–Kier alpha value is -3.80. The van der Waals surface area contributed by atoms with Crippen LogP contribution in [0.15, 0.2) is 72.8 Å². The number of nitrogens with zero attached hydrogens (tertiary/aromatic N) is 1. The number of urea groups is 1. The quantitative estimate of drug-likeness (QED) is 0.465. The summed E-state index contributed by atoms with van der Waals surface area (Å²) in [4.78, 5) is 18.5. The molecule has 1 atom stereocenters. The van der Waals surface area contributed by atoms with Gasteiger partial charge >= 0.3 is 6.03 Å². The summed E-state index contributed by atoms with van der Waals surface area (Å²) in [7, 11) is 1.58. The molecule has 1 aliphatic rings. The highest BCUT2D eigenvalue weighted by Crippen LogP contribution is 2.39. The Morgan fingerprint density at radius 2 is 1.90 bits per heavy atom. The number of H-pyrrole nitrogens is 1. The number of carbonyl (C=O) groups excluding carboxylic acids is 1. The van der Waals surface area contributed by atoms with Crippen LogP contribution in [-0.4, -0.2) is 29.6 Å². The summed E-state index contributed by atoms with van der Waals surface area (Å²) >= 11 is 0. The zero-order valence-corrected chi connectivity index (χ0v) is 17.1. The first-order valence-electron chi connectivity index (χ1n) is 10.2. The molecule has 0 radical (unpaired) electrons. The van der Waals surface area contributed by atoms with Crippen molar-refractivity contribution in [1.82, 2.24) is 9.88 Å². The summed E-state index contributed by atoms with van der Waals surface area (Å²) in [5.41, 5.74) is 4.08. The van der Waals surface area contributed by atoms with Crippen molar-refractivity contribution >= 4 is 22.6 Å². The highest BCUT2D eigenvalue weighted by Gasteiger charge is 2.36. The van der Waals surface area contributed by atoms with Crippen LogP contribution in [0.3, 0.4) is 0 Å². The first-order valence-corrected chi connectivity index (χ1v) is 10.2. The topological polar surface area (TPSA) is 57.4 Å². The van der Waals surface area contributed by atoms with Gasteiger partial charge in [-0.3, -0.25) is 0 Å². The number of anilines is 1. The molecule has 0 fully saturated rings. The number of aromatic nitrogens is 1. The number of aromatic amines is 1. The van der Waals surface area contributed by atoms with Crippen LogP contribution in [0.2, 0.25) is 0 Å². The fraction of sp³-hybridized carbons (Fsp3) is 0.160. The van der Waals surface area contributed by atoms with Gasteiger partial charge in [0.1, 0.15) is 17.6 Å². The summed E-state index contributed by atoms with van der Waals surface area (Å²) in [5, 5.41) is 4.06. The minimum Gasteiger partial charge on any atom is -0.497 e. The third-order valence-electron chi connectivity index (χ3n) is 5.82. The van der Waals surface area contributed by atoms with E-state index >= 15 is 0 Å². The molecule has 0 spiro atoms. The van der Waals surface area contributed by atoms with Crippen LogP contribution in [0.5, 0.6) is 5.75 Å². The largest absolute Gasteiger partial charge is 0.497 e. The number of nitrogens with one attached hydrogen (secondary N) is 2. The van der Waals surface area contributed by atoms with Gasteiger partial charge in [0.15, 0.2) is 0 Å². The van der Waals surface area contributed by atoms with Crippen molar-refractivity contribution in [2.75, 3.05) is 19.0 Å². The molecule has 1 aromatic heterocycles. The van der Waals surface area contributed by atoms with E-state index in [1.807, 2.05) is 30.3 Å². The minimum absolute atomic E-state index is 0.286. The van der Waals surface area contributed by atoms with E-state index in [4.69, 9.17) is 4.74 Å². The van der Waals surface area contributed by atoms with E-state index in [0.29, 0.717) is 30.0 Å². The van der Waals surface area contributed by atoms with Crippen LogP contribution >= 0.6 is 0 Å². The third kappa shape index (κ3) is 3.40. The van der Waals surface area contributed by atoms with Gasteiger partial charge in [-0.05, 0) is 36.2 Å². The number of amides is 2. The third-order valence-corrected chi connectivity index (χ3v) is 5.82. The maximum Gasteiger partial charge on any atom is 0.322 e. The number of methoxy groups -OCH3 is 1. The molecule has 156 valence electrons. The van der Waals surface area contributed by atoms with Crippen molar-refractivity contribution in [3.05, 3.63) is 95.4 Å². The summed E-state index contributed by atoms with van der Waals surface area (Å²) in [6.45, 7) is 0.476. The van der Waals surface area contributed by atoms with E-state index in [1.54, 1.807) is 42.3 Å². The van der Waals surface area contributed by atoms with E-state index < -0.39 is 6.04 Å². The Labute approximate surface area is 179 Å². The van der Waals surface area contributed by atoms with Gasteiger partial charge in [0.25, 0.3) is 0 Å². The van der Waals surface area contributed by atoms with Gasteiger partial charge in [-0.2, -0.15) is 0 Å². The lowest BCUT2D eigenvalue weighted by Crippen LogP contribution is -2.43. The molecular weight excluding hydrogens is 393 g/mol. The number of hydrogen-bond acceptors (Lipinski definition) is 2. The highest BCUT2D eigenvalue weighted by molar-refractivity contribution is 5.91. The molecule has 0 saturated carbocycles. The number of para-hydroxylation sites is 1. The van der Waals surface area contributed by atoms with Crippen LogP contribution in [0.25, 0.3) is 10.9 Å². The number of benzene rings is 3. The van der Waals surface area contributed by atoms with Crippen molar-refractivity contribution in [3.8, 4) is 5.75 Å². The zero-order valence-electron chi connectivity index (χ0n) is 17.1. The van der Waals surface area contributed by atoms with Gasteiger partial charge in [-0.1, -0.05) is 42.5 Å². The van der Waals surface area contributed by atoms with E-state index in [2.05, 4.69) is 16.4 Å². The predicted molar refractivity (Wildman–Crippen MR) is 119 cm³/mol. The molecule has 1 aliphatic heterocycles. The molecule has 2 amide bonds. The Morgan fingerprint density at radius 1 is 1.10 bits per heavy atom. The summed E-state index contributed by atoms with van der Waals surface area (Å²) in [6.07, 6.45) is 0.690. The van der Waals surface area contributed by atoms with E-state index in [0.717, 1.165) is 22.2 Å². The molecule has 2 N–H and O–H groups in total. The lowest BCUT2D eigenvalue weighted by Gasteiger charge is -2.36. The van der Waals surface area contributed by atoms with E-state index in [1.165, 1.54) is 6.07 Å². The fourth-order valence-corrected chi connectivity index (χ4v) is 4.38. The lowest BCUT2D eigenvalue weighted by atomic mass is 9.92. The summed E-state index contributed by atoms with van der Waals surface area (Å²) in [6, 6.07) is 21.0. The van der Waals surface area contributed by atoms with Crippen LogP contribution in [0.1, 0.15) is 22.9 Å². The zero-order chi connectivity index (χ0) is 21.4. The monoisotopic (exact) mass is 415 g/mol. The highest BCUT2D eigenvalue weighted by atomic mass is 19.1. The second-order valence-corrected chi connectivity index (χ2v) is 7.59. The average molecular weight is 415 g/mol. The molecule has 5 rings (SSSR count). The van der Waals surface area contributed by atoms with Gasteiger partial charge in [0, 0.05) is 40.5 Å². The Balaban J connectivity index is 1.57. The van der Waals surface area contributed by atoms with Crippen molar-refractivity contribution in [1.29, 1.82) is 0 Å². The molecule has 31 heavy (non-hydrogen) atoms. The number of halogens is 1. The van der Waals surface area contributed by atoms with Gasteiger partial charge in [0.05, 0.1) is 7.11 Å². The molecular formula is C25H22FN3O2. The van der Waals surface area contributed by atoms with Crippen molar-refractivity contribution in [2.24, 2.45) is 0 Å². The van der Waals surface area contributed by atoms with Gasteiger partial charge in [-0.15, -0.1) is 0 Å². The molecule has 0 bridgehead atoms. The smallest absolute Gasteiger partial charge is 0.322 e. The minimum atomic E-state index is -0.553. The SMILES string of the molecule is COc1cccc(NC(=O)N2CCc3c([nH]c4ccccc34)[C@H]2c2ccccc2F)c1. The molecule has 4 aromatic rings. The number of rotatable bonds is 3. The maximum absolute atomic E-state index is 14.9. The molecule has 0 aliphatic carbocycles. The van der Waals surface area contributed by atoms with Gasteiger partial charge < -0.3 is 19.9 Å². The molecule has 0 unspecified atom stereocenters. The second-order valence-electron chi connectivity index (χ2n) is 7.59. The van der Waals surface area contributed by atoms with Crippen LogP contribution in [0, 0.1) is 5.82 Å². The number of ether oxygens (including phenoxy) is 1. The second kappa shape index (κ2) is 7.80. The summed E-state index contributed by atoms with van der Waals surface area (Å²) < 4.78 is 20.1. The number of hydrogen-bond donors (Lipinski definition) is 2. The van der Waals surface area contributed by atoms with E-state index in [-0.39, 0.29) is 11.8 Å². The Bertz CT molecular complexity index is 1270. The van der Waals surface area contributed by atoms with Crippen LogP contribution in [0.4, 0.5) is 14.9 Å². The first kappa shape index (κ1) is 19.2. The Kier molecular flexibility index (Phi) is 4.82. The van der Waals surface area contributed by atoms with Crippen LogP contribution < -0.4 is 10.1 Å². The van der Waals surface area contributed by atoms with Crippen LogP contribution in [-0.2, 0) is 6.42 Å². The fourth-order valence-electron chi connectivity index (χ4n) is 4.38. The van der Waals surface area contributed by atoms with Gasteiger partial charge in [-0.25, -0.2) is 9.18 Å². The predicted octanol–water partition coefficient (Wildman–Crippen LogP) is 5.50. The van der Waals surface area contributed by atoms with Crippen molar-refractivity contribution in [2.45, 2.75) is 12.5 Å². The molecule has 0 saturated heterocycles. The Morgan fingerprint density at radius 3 is 2.74 bits per heavy atom. The lowest BCUT2D eigenvalue weighted by molar-refractivity contribution is 0.192.